The number of aryl methyl sites for hydroxylation is 1. The van der Waals surface area contributed by atoms with E-state index in [9.17, 15) is 5.11 Å². The van der Waals surface area contributed by atoms with Crippen LogP contribution >= 0.6 is 0 Å². The third-order valence-corrected chi connectivity index (χ3v) is 2.13. The topological polar surface area (TPSA) is 65.4 Å². The van der Waals surface area contributed by atoms with Crippen molar-refractivity contribution >= 4 is 6.08 Å². The Kier molecular flexibility index (Phi) is 4.27. The van der Waals surface area contributed by atoms with Gasteiger partial charge in [-0.25, -0.2) is 0 Å². The molecule has 0 radical (unpaired) electrons. The quantitative estimate of drug-likeness (QED) is 0.685. The van der Waals surface area contributed by atoms with Gasteiger partial charge in [0.15, 0.2) is 0 Å². The van der Waals surface area contributed by atoms with E-state index in [-0.39, 0.29) is 12.4 Å². The molecule has 0 aromatic carbocycles. The summed E-state index contributed by atoms with van der Waals surface area (Å²) < 4.78 is 0. The Labute approximate surface area is 89.3 Å². The average molecular weight is 208 g/mol. The number of pyridine rings is 1. The van der Waals surface area contributed by atoms with E-state index < -0.39 is 0 Å². The average Bonchev–Trinajstić information content (AvgIpc) is 2.25. The summed E-state index contributed by atoms with van der Waals surface area (Å²) in [4.78, 5) is 3.98. The molecule has 0 aliphatic rings. The van der Waals surface area contributed by atoms with E-state index in [1.807, 2.05) is 13.1 Å². The lowest BCUT2D eigenvalue weighted by Crippen LogP contribution is -2.04. The van der Waals surface area contributed by atoms with Crippen molar-refractivity contribution < 1.29 is 10.2 Å². The second-order valence-corrected chi connectivity index (χ2v) is 3.25. The number of nitrogens with one attached hydrogen (secondary N) is 1. The van der Waals surface area contributed by atoms with E-state index in [1.165, 1.54) is 0 Å². The molecule has 0 fully saturated rings. The van der Waals surface area contributed by atoms with Crippen LogP contribution in [0.4, 0.5) is 0 Å². The molecular formula is C11H16N2O2. The van der Waals surface area contributed by atoms with E-state index in [0.717, 1.165) is 0 Å². The maximum atomic E-state index is 9.76. The first-order valence-electron chi connectivity index (χ1n) is 4.80. The summed E-state index contributed by atoms with van der Waals surface area (Å²) in [5, 5.41) is 21.8. The molecule has 1 aromatic heterocycles. The molecule has 0 amide bonds. The summed E-state index contributed by atoms with van der Waals surface area (Å²) in [5.74, 6) is 0.133. The van der Waals surface area contributed by atoms with Gasteiger partial charge < -0.3 is 15.5 Å². The van der Waals surface area contributed by atoms with Gasteiger partial charge in [-0.1, -0.05) is 12.2 Å². The number of rotatable bonds is 4. The molecule has 4 heteroatoms. The first-order chi connectivity index (χ1) is 7.20. The zero-order chi connectivity index (χ0) is 11.3. The predicted molar refractivity (Wildman–Crippen MR) is 59.5 cm³/mol. The summed E-state index contributed by atoms with van der Waals surface area (Å²) in [6, 6.07) is 0. The largest absolute Gasteiger partial charge is 0.505 e. The molecule has 1 rings (SSSR count). The summed E-state index contributed by atoms with van der Waals surface area (Å²) >= 11 is 0. The molecule has 0 spiro atoms. The van der Waals surface area contributed by atoms with Gasteiger partial charge >= 0.3 is 0 Å². The highest BCUT2D eigenvalue weighted by Gasteiger charge is 2.07. The Morgan fingerprint density at radius 1 is 1.53 bits per heavy atom. The maximum Gasteiger partial charge on any atom is 0.144 e. The van der Waals surface area contributed by atoms with Crippen LogP contribution < -0.4 is 5.32 Å². The molecule has 0 bridgehead atoms. The molecule has 0 saturated heterocycles. The minimum Gasteiger partial charge on any atom is -0.505 e. The number of aromatic nitrogens is 1. The molecule has 0 aliphatic carbocycles. The van der Waals surface area contributed by atoms with Gasteiger partial charge in [0, 0.05) is 23.9 Å². The monoisotopic (exact) mass is 208 g/mol. The summed E-state index contributed by atoms with van der Waals surface area (Å²) in [7, 11) is 1.84. The Balaban J connectivity index is 3.06. The van der Waals surface area contributed by atoms with Crippen LogP contribution in [0, 0.1) is 6.92 Å². The van der Waals surface area contributed by atoms with Crippen LogP contribution in [-0.2, 0) is 6.61 Å². The molecular weight excluding hydrogens is 192 g/mol. The number of likely N-dealkylation sites (N-methyl/N-ethyl adjacent to an activating group) is 1. The summed E-state index contributed by atoms with van der Waals surface area (Å²) in [6.45, 7) is 2.32. The fourth-order valence-electron chi connectivity index (χ4n) is 1.26. The van der Waals surface area contributed by atoms with Crippen molar-refractivity contribution in [2.75, 3.05) is 13.6 Å². The molecule has 0 unspecified atom stereocenters. The van der Waals surface area contributed by atoms with Gasteiger partial charge in [-0.2, -0.15) is 0 Å². The summed E-state index contributed by atoms with van der Waals surface area (Å²) in [5.41, 5.74) is 1.84. The maximum absolute atomic E-state index is 9.76. The number of nitrogens with zero attached hydrogens (tertiary/aromatic N) is 1. The van der Waals surface area contributed by atoms with Crippen LogP contribution in [0.2, 0.25) is 0 Å². The van der Waals surface area contributed by atoms with Gasteiger partial charge in [0.2, 0.25) is 0 Å². The molecule has 82 valence electrons. The van der Waals surface area contributed by atoms with Crippen LogP contribution in [-0.4, -0.2) is 28.8 Å². The first kappa shape index (κ1) is 11.7. The van der Waals surface area contributed by atoms with Crippen LogP contribution in [0.25, 0.3) is 6.08 Å². The molecule has 0 saturated carbocycles. The van der Waals surface area contributed by atoms with Gasteiger partial charge in [-0.3, -0.25) is 4.98 Å². The molecule has 4 nitrogen and oxygen atoms in total. The highest BCUT2D eigenvalue weighted by Crippen LogP contribution is 2.24. The highest BCUT2D eigenvalue weighted by atomic mass is 16.3. The van der Waals surface area contributed by atoms with Gasteiger partial charge in [0.25, 0.3) is 0 Å². The Morgan fingerprint density at radius 3 is 2.87 bits per heavy atom. The molecule has 15 heavy (non-hydrogen) atoms. The Morgan fingerprint density at radius 2 is 2.27 bits per heavy atom. The number of aliphatic hydroxyl groups excluding tert-OH is 1. The van der Waals surface area contributed by atoms with Crippen molar-refractivity contribution in [3.05, 3.63) is 29.1 Å². The number of hydrogen-bond acceptors (Lipinski definition) is 4. The van der Waals surface area contributed by atoms with E-state index in [1.54, 1.807) is 19.2 Å². The molecule has 0 atom stereocenters. The van der Waals surface area contributed by atoms with Crippen molar-refractivity contribution in [1.29, 1.82) is 0 Å². The third kappa shape index (κ3) is 2.78. The zero-order valence-electron chi connectivity index (χ0n) is 8.99. The van der Waals surface area contributed by atoms with Crippen LogP contribution in [0.15, 0.2) is 12.3 Å². The smallest absolute Gasteiger partial charge is 0.144 e. The standard InChI is InChI=1S/C11H16N2O2/c1-8-11(15)10(4-3-5-12-2)9(7-14)6-13-8/h3-4,6,12,14-15H,5,7H2,1-2H3. The molecule has 1 heterocycles. The van der Waals surface area contributed by atoms with E-state index >= 15 is 0 Å². The van der Waals surface area contributed by atoms with Crippen molar-refractivity contribution in [3.8, 4) is 5.75 Å². The van der Waals surface area contributed by atoms with Gasteiger partial charge in [-0.15, -0.1) is 0 Å². The number of aromatic hydroxyl groups is 1. The summed E-state index contributed by atoms with van der Waals surface area (Å²) in [6.07, 6.45) is 5.24. The van der Waals surface area contributed by atoms with Crippen molar-refractivity contribution in [2.45, 2.75) is 13.5 Å². The van der Waals surface area contributed by atoms with Gasteiger partial charge in [0.05, 0.1) is 12.3 Å². The lowest BCUT2D eigenvalue weighted by atomic mass is 10.1. The molecule has 1 aromatic rings. The van der Waals surface area contributed by atoms with Crippen LogP contribution in [0.3, 0.4) is 0 Å². The van der Waals surface area contributed by atoms with Crippen molar-refractivity contribution in [1.82, 2.24) is 10.3 Å². The predicted octanol–water partition coefficient (Wildman–Crippen LogP) is 0.821. The van der Waals surface area contributed by atoms with Crippen LogP contribution in [0.5, 0.6) is 5.75 Å². The molecule has 0 aliphatic heterocycles. The van der Waals surface area contributed by atoms with Crippen molar-refractivity contribution in [2.24, 2.45) is 0 Å². The lowest BCUT2D eigenvalue weighted by Gasteiger charge is -2.07. The highest BCUT2D eigenvalue weighted by molar-refractivity contribution is 5.61. The number of hydrogen-bond donors (Lipinski definition) is 3. The number of aliphatic hydroxyl groups is 1. The van der Waals surface area contributed by atoms with Crippen LogP contribution in [0.1, 0.15) is 16.8 Å². The molecule has 3 N–H and O–H groups in total. The third-order valence-electron chi connectivity index (χ3n) is 2.13. The SMILES string of the molecule is CNCC=Cc1c(CO)cnc(C)c1O. The van der Waals surface area contributed by atoms with E-state index in [4.69, 9.17) is 5.11 Å². The Bertz CT molecular complexity index is 362. The van der Waals surface area contributed by atoms with Crippen molar-refractivity contribution in [3.63, 3.8) is 0 Å². The van der Waals surface area contributed by atoms with Gasteiger partial charge in [0.1, 0.15) is 5.75 Å². The van der Waals surface area contributed by atoms with E-state index in [2.05, 4.69) is 10.3 Å². The van der Waals surface area contributed by atoms with E-state index in [0.29, 0.717) is 23.4 Å². The zero-order valence-corrected chi connectivity index (χ0v) is 8.99. The normalized spacial score (nSPS) is 11.1. The fraction of sp³-hybridized carbons (Fsp3) is 0.364. The second kappa shape index (κ2) is 5.48. The minimum absolute atomic E-state index is 0.125. The van der Waals surface area contributed by atoms with Gasteiger partial charge in [-0.05, 0) is 14.0 Å². The lowest BCUT2D eigenvalue weighted by molar-refractivity contribution is 0.280. The minimum atomic E-state index is -0.125. The second-order valence-electron chi connectivity index (χ2n) is 3.25. The Hall–Kier alpha value is -1.39. The first-order valence-corrected chi connectivity index (χ1v) is 4.80. The fourth-order valence-corrected chi connectivity index (χ4v) is 1.26.